The van der Waals surface area contributed by atoms with Gasteiger partial charge in [-0.3, -0.25) is 4.68 Å². The lowest BCUT2D eigenvalue weighted by Gasteiger charge is -2.11. The third-order valence-electron chi connectivity index (χ3n) is 3.77. The van der Waals surface area contributed by atoms with Gasteiger partial charge in [-0.05, 0) is 23.6 Å². The highest BCUT2D eigenvalue weighted by atomic mass is 15.3. The molecule has 0 spiro atoms. The van der Waals surface area contributed by atoms with Crippen LogP contribution < -0.4 is 5.32 Å². The van der Waals surface area contributed by atoms with Crippen LogP contribution in [0.2, 0.25) is 0 Å². The maximum atomic E-state index is 4.52. The van der Waals surface area contributed by atoms with Gasteiger partial charge in [0.2, 0.25) is 0 Å². The van der Waals surface area contributed by atoms with Crippen LogP contribution >= 0.6 is 0 Å². The second-order valence-corrected chi connectivity index (χ2v) is 4.94. The summed E-state index contributed by atoms with van der Waals surface area (Å²) in [4.78, 5) is 0. The Morgan fingerprint density at radius 2 is 2.22 bits per heavy atom. The minimum absolute atomic E-state index is 0.432. The van der Waals surface area contributed by atoms with E-state index in [1.807, 2.05) is 11.7 Å². The first-order valence-electron chi connectivity index (χ1n) is 6.61. The summed E-state index contributed by atoms with van der Waals surface area (Å²) in [5.41, 5.74) is 5.36. The van der Waals surface area contributed by atoms with Crippen molar-refractivity contribution in [2.45, 2.75) is 32.4 Å². The van der Waals surface area contributed by atoms with Crippen molar-refractivity contribution < 1.29 is 0 Å². The first kappa shape index (κ1) is 11.5. The van der Waals surface area contributed by atoms with Crippen LogP contribution in [0.4, 0.5) is 0 Å². The lowest BCUT2D eigenvalue weighted by molar-refractivity contribution is 0.554. The van der Waals surface area contributed by atoms with Gasteiger partial charge >= 0.3 is 0 Å². The Morgan fingerprint density at radius 1 is 1.39 bits per heavy atom. The first-order chi connectivity index (χ1) is 8.78. The standard InChI is InChI=1S/C15H19N3/c1-3-12-8-13(18(2)17-12)9-15-14-7-5-4-6-11(14)10-16-15/h4-8,15-16H,3,9-10H2,1-2H3. The number of rotatable bonds is 3. The molecule has 94 valence electrons. The highest BCUT2D eigenvalue weighted by molar-refractivity contribution is 5.34. The van der Waals surface area contributed by atoms with Gasteiger partial charge < -0.3 is 5.32 Å². The lowest BCUT2D eigenvalue weighted by atomic mass is 10.0. The van der Waals surface area contributed by atoms with Gasteiger partial charge in [-0.1, -0.05) is 31.2 Å². The summed E-state index contributed by atoms with van der Waals surface area (Å²) in [6, 6.07) is 11.3. The van der Waals surface area contributed by atoms with Crippen LogP contribution in [-0.4, -0.2) is 9.78 Å². The molecule has 1 aliphatic heterocycles. The van der Waals surface area contributed by atoms with E-state index in [0.29, 0.717) is 6.04 Å². The summed E-state index contributed by atoms with van der Waals surface area (Å²) in [5.74, 6) is 0. The molecule has 1 aliphatic rings. The van der Waals surface area contributed by atoms with Gasteiger partial charge in [0.15, 0.2) is 0 Å². The molecule has 1 atom stereocenters. The monoisotopic (exact) mass is 241 g/mol. The van der Waals surface area contributed by atoms with Crippen LogP contribution in [0.3, 0.4) is 0 Å². The zero-order valence-electron chi connectivity index (χ0n) is 11.0. The molecule has 0 saturated carbocycles. The van der Waals surface area contributed by atoms with Crippen molar-refractivity contribution in [1.82, 2.24) is 15.1 Å². The van der Waals surface area contributed by atoms with Gasteiger partial charge in [-0.25, -0.2) is 0 Å². The molecular formula is C15H19N3. The summed E-state index contributed by atoms with van der Waals surface area (Å²) in [6.45, 7) is 3.13. The molecule has 0 saturated heterocycles. The molecule has 0 aliphatic carbocycles. The van der Waals surface area contributed by atoms with E-state index in [4.69, 9.17) is 0 Å². The largest absolute Gasteiger partial charge is 0.305 e. The molecule has 18 heavy (non-hydrogen) atoms. The van der Waals surface area contributed by atoms with Crippen LogP contribution in [0, 0.1) is 0 Å². The van der Waals surface area contributed by atoms with Crippen molar-refractivity contribution in [2.24, 2.45) is 7.05 Å². The molecule has 0 bridgehead atoms. The minimum Gasteiger partial charge on any atom is -0.305 e. The average molecular weight is 241 g/mol. The predicted octanol–water partition coefficient (Wildman–Crippen LogP) is 2.37. The van der Waals surface area contributed by atoms with Crippen molar-refractivity contribution >= 4 is 0 Å². The van der Waals surface area contributed by atoms with E-state index >= 15 is 0 Å². The lowest BCUT2D eigenvalue weighted by Crippen LogP contribution is -2.16. The summed E-state index contributed by atoms with van der Waals surface area (Å²) in [6.07, 6.45) is 2.02. The molecule has 0 fully saturated rings. The van der Waals surface area contributed by atoms with Crippen LogP contribution in [0.5, 0.6) is 0 Å². The molecule has 1 N–H and O–H groups in total. The Bertz CT molecular complexity index is 557. The van der Waals surface area contributed by atoms with Crippen molar-refractivity contribution in [3.8, 4) is 0 Å². The number of fused-ring (bicyclic) bond motifs is 1. The Hall–Kier alpha value is -1.61. The third kappa shape index (κ3) is 1.95. The van der Waals surface area contributed by atoms with Gasteiger partial charge in [-0.2, -0.15) is 5.10 Å². The second kappa shape index (κ2) is 4.58. The molecule has 1 aromatic heterocycles. The number of benzene rings is 1. The molecule has 2 heterocycles. The quantitative estimate of drug-likeness (QED) is 0.894. The van der Waals surface area contributed by atoms with Gasteiger partial charge in [0, 0.05) is 31.7 Å². The smallest absolute Gasteiger partial charge is 0.0624 e. The maximum absolute atomic E-state index is 4.52. The summed E-state index contributed by atoms with van der Waals surface area (Å²) >= 11 is 0. The fraction of sp³-hybridized carbons (Fsp3) is 0.400. The molecule has 0 radical (unpaired) electrons. The Morgan fingerprint density at radius 3 is 3.00 bits per heavy atom. The van der Waals surface area contributed by atoms with Crippen molar-refractivity contribution in [3.05, 3.63) is 52.8 Å². The van der Waals surface area contributed by atoms with E-state index in [1.165, 1.54) is 22.5 Å². The number of aryl methyl sites for hydroxylation is 2. The molecule has 1 unspecified atom stereocenters. The number of aromatic nitrogens is 2. The van der Waals surface area contributed by atoms with Gasteiger partial charge in [0.25, 0.3) is 0 Å². The topological polar surface area (TPSA) is 29.9 Å². The van der Waals surface area contributed by atoms with E-state index in [1.54, 1.807) is 0 Å². The number of hydrogen-bond acceptors (Lipinski definition) is 2. The molecule has 3 rings (SSSR count). The maximum Gasteiger partial charge on any atom is 0.0624 e. The van der Waals surface area contributed by atoms with Crippen molar-refractivity contribution in [2.75, 3.05) is 0 Å². The zero-order valence-corrected chi connectivity index (χ0v) is 11.0. The van der Waals surface area contributed by atoms with Gasteiger partial charge in [0.1, 0.15) is 0 Å². The number of hydrogen-bond donors (Lipinski definition) is 1. The Kier molecular flexibility index (Phi) is 2.92. The summed E-state index contributed by atoms with van der Waals surface area (Å²) in [5, 5.41) is 8.10. The van der Waals surface area contributed by atoms with E-state index in [9.17, 15) is 0 Å². The summed E-state index contributed by atoms with van der Waals surface area (Å²) in [7, 11) is 2.04. The number of nitrogens with zero attached hydrogens (tertiary/aromatic N) is 2. The number of nitrogens with one attached hydrogen (secondary N) is 1. The highest BCUT2D eigenvalue weighted by Gasteiger charge is 2.22. The average Bonchev–Trinajstić information content (AvgIpc) is 2.95. The van der Waals surface area contributed by atoms with Crippen molar-refractivity contribution in [1.29, 1.82) is 0 Å². The van der Waals surface area contributed by atoms with Crippen LogP contribution in [0.25, 0.3) is 0 Å². The fourth-order valence-corrected chi connectivity index (χ4v) is 2.70. The molecule has 1 aromatic carbocycles. The highest BCUT2D eigenvalue weighted by Crippen LogP contribution is 2.27. The SMILES string of the molecule is CCc1cc(CC2NCc3ccccc32)n(C)n1. The minimum atomic E-state index is 0.432. The van der Waals surface area contributed by atoms with Crippen molar-refractivity contribution in [3.63, 3.8) is 0 Å². The van der Waals surface area contributed by atoms with Crippen LogP contribution in [-0.2, 0) is 26.4 Å². The molecule has 2 aromatic rings. The Balaban J connectivity index is 1.84. The zero-order chi connectivity index (χ0) is 12.5. The first-order valence-corrected chi connectivity index (χ1v) is 6.61. The van der Waals surface area contributed by atoms with E-state index in [-0.39, 0.29) is 0 Å². The molecule has 3 nitrogen and oxygen atoms in total. The van der Waals surface area contributed by atoms with Gasteiger partial charge in [0.05, 0.1) is 5.69 Å². The van der Waals surface area contributed by atoms with E-state index < -0.39 is 0 Å². The Labute approximate surface area is 108 Å². The van der Waals surface area contributed by atoms with Gasteiger partial charge in [-0.15, -0.1) is 0 Å². The van der Waals surface area contributed by atoms with Crippen LogP contribution in [0.1, 0.15) is 35.5 Å². The third-order valence-corrected chi connectivity index (χ3v) is 3.77. The summed E-state index contributed by atoms with van der Waals surface area (Å²) < 4.78 is 2.02. The van der Waals surface area contributed by atoms with Crippen LogP contribution in [0.15, 0.2) is 30.3 Å². The fourth-order valence-electron chi connectivity index (χ4n) is 2.70. The molecule has 0 amide bonds. The molecular weight excluding hydrogens is 222 g/mol. The molecule has 3 heteroatoms. The van der Waals surface area contributed by atoms with E-state index in [2.05, 4.69) is 47.7 Å². The van der Waals surface area contributed by atoms with E-state index in [0.717, 1.165) is 19.4 Å². The normalized spacial score (nSPS) is 18.0. The predicted molar refractivity (Wildman–Crippen MR) is 72.3 cm³/mol. The second-order valence-electron chi connectivity index (χ2n) is 4.94.